The molecule has 6 nitrogen and oxygen atoms in total. The molecule has 0 heterocycles. The molecule has 0 spiro atoms. The molecule has 1 fully saturated rings. The van der Waals surface area contributed by atoms with E-state index in [2.05, 4.69) is 56.2 Å². The third kappa shape index (κ3) is 13.1. The van der Waals surface area contributed by atoms with Crippen LogP contribution in [0, 0.1) is 17.8 Å². The molecular weight excluding hydrogens is 540 g/mol. The Hall–Kier alpha value is -3.50. The van der Waals surface area contributed by atoms with Crippen molar-refractivity contribution in [3.8, 4) is 11.8 Å². The second-order valence-corrected chi connectivity index (χ2v) is 11.2. The first kappa shape index (κ1) is 35.7. The molecule has 43 heavy (non-hydrogen) atoms. The van der Waals surface area contributed by atoms with Crippen molar-refractivity contribution in [2.24, 2.45) is 5.92 Å². The molecular formula is C37H48O6. The summed E-state index contributed by atoms with van der Waals surface area (Å²) in [5.74, 6) is 7.46. The molecule has 0 amide bonds. The predicted octanol–water partition coefficient (Wildman–Crippen LogP) is 6.50. The summed E-state index contributed by atoms with van der Waals surface area (Å²) < 4.78 is 10.6. The first-order chi connectivity index (χ1) is 20.8. The van der Waals surface area contributed by atoms with E-state index in [4.69, 9.17) is 19.7 Å². The third-order valence-corrected chi connectivity index (χ3v) is 7.81. The molecule has 2 aromatic carbocycles. The highest BCUT2D eigenvalue weighted by atomic mass is 16.5. The maximum atomic E-state index is 11.8. The minimum absolute atomic E-state index is 0.0417. The normalized spacial score (nSPS) is 16.5. The molecule has 1 saturated carbocycles. The first-order valence-corrected chi connectivity index (χ1v) is 15.2. The molecule has 1 aliphatic carbocycles. The second-order valence-electron chi connectivity index (χ2n) is 11.2. The van der Waals surface area contributed by atoms with Gasteiger partial charge in [-0.1, -0.05) is 81.9 Å². The largest absolute Gasteiger partial charge is 0.462 e. The number of hydrogen-bond acceptors (Lipinski definition) is 6. The highest BCUT2D eigenvalue weighted by Gasteiger charge is 2.22. The SMILES string of the molecule is C=C(C=O)CO.C=C(CO)C(=O)OCC(COC)c1ccc(C#Cc2ccc(C3CCC(CCCCC)CC3)cc2)cc1. The molecule has 3 rings (SSSR count). The van der Waals surface area contributed by atoms with Gasteiger partial charge in [-0.15, -0.1) is 0 Å². The van der Waals surface area contributed by atoms with Gasteiger partial charge in [-0.05, 0) is 72.9 Å². The molecule has 1 unspecified atom stereocenters. The maximum Gasteiger partial charge on any atom is 0.335 e. The number of hydrogen-bond donors (Lipinski definition) is 2. The predicted molar refractivity (Wildman–Crippen MR) is 172 cm³/mol. The van der Waals surface area contributed by atoms with Gasteiger partial charge in [0.2, 0.25) is 0 Å². The first-order valence-electron chi connectivity index (χ1n) is 15.2. The summed E-state index contributed by atoms with van der Waals surface area (Å²) in [5, 5.41) is 17.0. The molecule has 1 aliphatic rings. The van der Waals surface area contributed by atoms with Crippen LogP contribution in [-0.4, -0.2) is 56.0 Å². The number of carbonyl (C=O) groups is 2. The Morgan fingerprint density at radius 3 is 2.02 bits per heavy atom. The van der Waals surface area contributed by atoms with E-state index in [0.29, 0.717) is 18.8 Å². The van der Waals surface area contributed by atoms with Gasteiger partial charge in [0.05, 0.1) is 25.4 Å². The van der Waals surface area contributed by atoms with Crippen molar-refractivity contribution in [2.75, 3.05) is 33.5 Å². The smallest absolute Gasteiger partial charge is 0.335 e. The Balaban J connectivity index is 0.000000973. The topological polar surface area (TPSA) is 93.1 Å². The molecule has 0 bridgehead atoms. The highest BCUT2D eigenvalue weighted by Crippen LogP contribution is 2.37. The van der Waals surface area contributed by atoms with Crippen molar-refractivity contribution >= 4 is 12.3 Å². The van der Waals surface area contributed by atoms with Crippen LogP contribution in [0.1, 0.15) is 92.4 Å². The zero-order valence-electron chi connectivity index (χ0n) is 25.9. The van der Waals surface area contributed by atoms with Crippen LogP contribution in [0.3, 0.4) is 0 Å². The molecule has 0 saturated heterocycles. The van der Waals surface area contributed by atoms with E-state index in [1.165, 1.54) is 56.9 Å². The van der Waals surface area contributed by atoms with Crippen LogP contribution < -0.4 is 0 Å². The van der Waals surface area contributed by atoms with Crippen LogP contribution in [0.15, 0.2) is 72.8 Å². The summed E-state index contributed by atoms with van der Waals surface area (Å²) in [6.45, 7) is 8.88. The molecule has 2 aromatic rings. The minimum atomic E-state index is -0.591. The summed E-state index contributed by atoms with van der Waals surface area (Å²) in [4.78, 5) is 21.3. The summed E-state index contributed by atoms with van der Waals surface area (Å²) in [6, 6.07) is 16.8. The van der Waals surface area contributed by atoms with Crippen LogP contribution in [0.4, 0.5) is 0 Å². The van der Waals surface area contributed by atoms with E-state index in [9.17, 15) is 9.59 Å². The number of carbonyl (C=O) groups excluding carboxylic acids is 2. The number of methoxy groups -OCH3 is 1. The van der Waals surface area contributed by atoms with E-state index in [-0.39, 0.29) is 30.3 Å². The van der Waals surface area contributed by atoms with Gasteiger partial charge in [-0.2, -0.15) is 0 Å². The lowest BCUT2D eigenvalue weighted by Gasteiger charge is -2.29. The van der Waals surface area contributed by atoms with E-state index < -0.39 is 12.6 Å². The van der Waals surface area contributed by atoms with E-state index in [0.717, 1.165) is 22.6 Å². The molecule has 0 aliphatic heterocycles. The number of unbranched alkanes of at least 4 members (excludes halogenated alkanes) is 2. The van der Waals surface area contributed by atoms with Crippen LogP contribution >= 0.6 is 0 Å². The number of ether oxygens (including phenoxy) is 2. The lowest BCUT2D eigenvalue weighted by molar-refractivity contribution is -0.140. The second kappa shape index (κ2) is 20.4. The Kier molecular flexibility index (Phi) is 16.9. The number of aldehydes is 1. The molecule has 1 atom stereocenters. The van der Waals surface area contributed by atoms with Crippen molar-refractivity contribution in [3.05, 3.63) is 95.1 Å². The lowest BCUT2D eigenvalue weighted by Crippen LogP contribution is -2.18. The zero-order valence-corrected chi connectivity index (χ0v) is 25.9. The fraction of sp³-hybridized carbons (Fsp3) is 0.459. The maximum absolute atomic E-state index is 11.8. The summed E-state index contributed by atoms with van der Waals surface area (Å²) in [5.41, 5.74) is 4.66. The van der Waals surface area contributed by atoms with Gasteiger partial charge in [-0.25, -0.2) is 4.79 Å². The molecule has 232 valence electrons. The highest BCUT2D eigenvalue weighted by molar-refractivity contribution is 5.87. The third-order valence-electron chi connectivity index (χ3n) is 7.81. The average molecular weight is 589 g/mol. The number of aliphatic hydroxyl groups is 2. The minimum Gasteiger partial charge on any atom is -0.462 e. The molecule has 0 radical (unpaired) electrons. The van der Waals surface area contributed by atoms with Gasteiger partial charge < -0.3 is 19.7 Å². The van der Waals surface area contributed by atoms with E-state index >= 15 is 0 Å². The van der Waals surface area contributed by atoms with Crippen LogP contribution in [0.2, 0.25) is 0 Å². The average Bonchev–Trinajstić information content (AvgIpc) is 3.06. The van der Waals surface area contributed by atoms with Gasteiger partial charge in [0, 0.05) is 29.7 Å². The van der Waals surface area contributed by atoms with Gasteiger partial charge >= 0.3 is 5.97 Å². The number of aliphatic hydroxyl groups excluding tert-OH is 2. The van der Waals surface area contributed by atoms with Gasteiger partial charge in [0.1, 0.15) is 12.9 Å². The van der Waals surface area contributed by atoms with Crippen molar-refractivity contribution < 1.29 is 29.3 Å². The van der Waals surface area contributed by atoms with Crippen LogP contribution in [-0.2, 0) is 19.1 Å². The Morgan fingerprint density at radius 1 is 0.930 bits per heavy atom. The fourth-order valence-corrected chi connectivity index (χ4v) is 5.11. The lowest BCUT2D eigenvalue weighted by atomic mass is 9.77. The van der Waals surface area contributed by atoms with E-state index in [1.807, 2.05) is 24.3 Å². The molecule has 6 heteroatoms. The summed E-state index contributed by atoms with van der Waals surface area (Å²) in [7, 11) is 1.62. The number of benzene rings is 2. The van der Waals surface area contributed by atoms with Crippen molar-refractivity contribution in [3.63, 3.8) is 0 Å². The van der Waals surface area contributed by atoms with Gasteiger partial charge in [0.25, 0.3) is 0 Å². The number of esters is 1. The van der Waals surface area contributed by atoms with Gasteiger partial charge in [0.15, 0.2) is 0 Å². The number of rotatable bonds is 14. The van der Waals surface area contributed by atoms with Gasteiger partial charge in [-0.3, -0.25) is 4.79 Å². The molecule has 0 aromatic heterocycles. The zero-order chi connectivity index (χ0) is 31.5. The summed E-state index contributed by atoms with van der Waals surface area (Å²) >= 11 is 0. The Morgan fingerprint density at radius 2 is 1.53 bits per heavy atom. The fourth-order valence-electron chi connectivity index (χ4n) is 5.11. The van der Waals surface area contributed by atoms with Crippen molar-refractivity contribution in [2.45, 2.75) is 70.1 Å². The Labute approximate surface area is 257 Å². The quantitative estimate of drug-likeness (QED) is 0.0861. The van der Waals surface area contributed by atoms with E-state index in [1.54, 1.807) is 7.11 Å². The van der Waals surface area contributed by atoms with Crippen LogP contribution in [0.25, 0.3) is 0 Å². The van der Waals surface area contributed by atoms with Crippen LogP contribution in [0.5, 0.6) is 0 Å². The summed E-state index contributed by atoms with van der Waals surface area (Å²) in [6.07, 6.45) is 11.4. The van der Waals surface area contributed by atoms with Crippen molar-refractivity contribution in [1.82, 2.24) is 0 Å². The van der Waals surface area contributed by atoms with Crippen molar-refractivity contribution in [1.29, 1.82) is 0 Å². The monoisotopic (exact) mass is 588 g/mol. The molecule has 2 N–H and O–H groups in total. The standard InChI is InChI=1S/C33H42O4.C4H6O2/c1-4-5-6-7-26-10-16-29(17-11-26)30-18-12-27(13-19-30)8-9-28-14-20-31(21-15-28)32(23-36-3)24-37-33(35)25(2)22-34;1-4(2-5)3-6/h12-15,18-21,26,29,32,34H,2,4-7,10-11,16-17,22-24H2,1,3H3;2,6H,1,3H2. The Bertz CT molecular complexity index is 1190.